The number of nitrogens with one attached hydrogen (secondary N) is 1. The number of likely N-dealkylation sites (tertiary alicyclic amines) is 1. The first-order valence-electron chi connectivity index (χ1n) is 7.79. The summed E-state index contributed by atoms with van der Waals surface area (Å²) < 4.78 is 0. The van der Waals surface area contributed by atoms with E-state index in [1.54, 1.807) is 6.92 Å². The second-order valence-electron chi connectivity index (χ2n) is 6.34. The Morgan fingerprint density at radius 1 is 1.45 bits per heavy atom. The van der Waals surface area contributed by atoms with Gasteiger partial charge in [0.2, 0.25) is 0 Å². The van der Waals surface area contributed by atoms with Crippen molar-refractivity contribution in [2.45, 2.75) is 58.7 Å². The first kappa shape index (κ1) is 17.4. The molecule has 0 radical (unpaired) electrons. The van der Waals surface area contributed by atoms with Gasteiger partial charge >= 0.3 is 5.97 Å². The summed E-state index contributed by atoms with van der Waals surface area (Å²) in [6, 6.07) is 0.736. The molecule has 1 aliphatic rings. The maximum Gasteiger partial charge on any atom is 0.324 e. The molecular weight excluding hydrogens is 254 g/mol. The fraction of sp³-hybridized carbons (Fsp3) is 0.933. The Morgan fingerprint density at radius 3 is 2.50 bits per heavy atom. The zero-order valence-electron chi connectivity index (χ0n) is 13.6. The SMILES string of the molecule is CCN(CC)C1CCN(CC(C)(NC(C)C)C(=O)O)C1. The molecule has 118 valence electrons. The van der Waals surface area contributed by atoms with Crippen molar-refractivity contribution in [3.8, 4) is 0 Å². The number of carbonyl (C=O) groups is 1. The van der Waals surface area contributed by atoms with Crippen LogP contribution in [0.2, 0.25) is 0 Å². The number of likely N-dealkylation sites (N-methyl/N-ethyl adjacent to an activating group) is 1. The van der Waals surface area contributed by atoms with Gasteiger partial charge in [0.15, 0.2) is 0 Å². The molecule has 0 bridgehead atoms. The Hall–Kier alpha value is -0.650. The quantitative estimate of drug-likeness (QED) is 0.703. The lowest BCUT2D eigenvalue weighted by molar-refractivity contribution is -0.145. The molecule has 0 spiro atoms. The van der Waals surface area contributed by atoms with E-state index in [-0.39, 0.29) is 6.04 Å². The van der Waals surface area contributed by atoms with Crippen LogP contribution in [0, 0.1) is 0 Å². The van der Waals surface area contributed by atoms with Crippen molar-refractivity contribution in [3.63, 3.8) is 0 Å². The summed E-state index contributed by atoms with van der Waals surface area (Å²) in [5, 5.41) is 12.7. The molecule has 1 fully saturated rings. The van der Waals surface area contributed by atoms with Crippen LogP contribution in [0.4, 0.5) is 0 Å². The Kier molecular flexibility index (Phi) is 6.43. The first-order chi connectivity index (χ1) is 9.32. The van der Waals surface area contributed by atoms with E-state index in [1.165, 1.54) is 0 Å². The van der Waals surface area contributed by atoms with Crippen LogP contribution in [-0.2, 0) is 4.79 Å². The van der Waals surface area contributed by atoms with Crippen LogP contribution in [0.3, 0.4) is 0 Å². The summed E-state index contributed by atoms with van der Waals surface area (Å²) >= 11 is 0. The van der Waals surface area contributed by atoms with Crippen LogP contribution in [0.5, 0.6) is 0 Å². The van der Waals surface area contributed by atoms with Crippen LogP contribution in [0.1, 0.15) is 41.0 Å². The molecule has 2 unspecified atom stereocenters. The topological polar surface area (TPSA) is 55.8 Å². The minimum absolute atomic E-state index is 0.164. The smallest absolute Gasteiger partial charge is 0.324 e. The van der Waals surface area contributed by atoms with E-state index in [0.29, 0.717) is 12.6 Å². The molecule has 20 heavy (non-hydrogen) atoms. The maximum absolute atomic E-state index is 11.6. The molecule has 1 aliphatic heterocycles. The number of carboxylic acids is 1. The van der Waals surface area contributed by atoms with Crippen LogP contribution in [0.15, 0.2) is 0 Å². The van der Waals surface area contributed by atoms with Crippen molar-refractivity contribution in [1.82, 2.24) is 15.1 Å². The number of hydrogen-bond acceptors (Lipinski definition) is 4. The van der Waals surface area contributed by atoms with Gasteiger partial charge in [-0.1, -0.05) is 13.8 Å². The van der Waals surface area contributed by atoms with E-state index in [4.69, 9.17) is 0 Å². The van der Waals surface area contributed by atoms with Crippen molar-refractivity contribution in [2.24, 2.45) is 0 Å². The standard InChI is InChI=1S/C15H31N3O2/c1-6-18(7-2)13-8-9-17(10-13)11-15(5,14(19)20)16-12(3)4/h12-13,16H,6-11H2,1-5H3,(H,19,20). The van der Waals surface area contributed by atoms with Gasteiger partial charge in [0.1, 0.15) is 5.54 Å². The third-order valence-electron chi connectivity index (χ3n) is 4.20. The third kappa shape index (κ3) is 4.43. The second-order valence-corrected chi connectivity index (χ2v) is 6.34. The Balaban J connectivity index is 2.61. The zero-order valence-corrected chi connectivity index (χ0v) is 13.6. The van der Waals surface area contributed by atoms with E-state index in [9.17, 15) is 9.90 Å². The Bertz CT molecular complexity index is 318. The highest BCUT2D eigenvalue weighted by Gasteiger charge is 2.38. The number of carboxylic acid groups (broad SMARTS) is 1. The van der Waals surface area contributed by atoms with Gasteiger partial charge in [-0.3, -0.25) is 19.9 Å². The van der Waals surface area contributed by atoms with Gasteiger partial charge in [0.05, 0.1) is 0 Å². The summed E-state index contributed by atoms with van der Waals surface area (Å²) in [5.74, 6) is -0.766. The van der Waals surface area contributed by atoms with Crippen molar-refractivity contribution >= 4 is 5.97 Å². The third-order valence-corrected chi connectivity index (χ3v) is 4.20. The molecule has 0 aromatic heterocycles. The molecule has 0 aromatic carbocycles. The van der Waals surface area contributed by atoms with E-state index in [0.717, 1.165) is 32.6 Å². The normalized spacial score (nSPS) is 23.4. The second kappa shape index (κ2) is 7.38. The lowest BCUT2D eigenvalue weighted by Gasteiger charge is -2.33. The number of rotatable bonds is 8. The summed E-state index contributed by atoms with van der Waals surface area (Å²) in [5.41, 5.74) is -0.869. The fourth-order valence-electron chi connectivity index (χ4n) is 3.25. The van der Waals surface area contributed by atoms with E-state index in [2.05, 4.69) is 29.0 Å². The molecule has 1 heterocycles. The van der Waals surface area contributed by atoms with Crippen molar-refractivity contribution in [1.29, 1.82) is 0 Å². The van der Waals surface area contributed by atoms with Gasteiger partial charge in [0, 0.05) is 25.2 Å². The van der Waals surface area contributed by atoms with Crippen LogP contribution in [0.25, 0.3) is 0 Å². The van der Waals surface area contributed by atoms with Gasteiger partial charge in [-0.2, -0.15) is 0 Å². The largest absolute Gasteiger partial charge is 0.480 e. The predicted octanol–water partition coefficient (Wildman–Crippen LogP) is 1.24. The van der Waals surface area contributed by atoms with Crippen LogP contribution in [-0.4, -0.2) is 71.2 Å². The molecule has 5 heteroatoms. The van der Waals surface area contributed by atoms with Gasteiger partial charge in [-0.25, -0.2) is 0 Å². The average molecular weight is 285 g/mol. The summed E-state index contributed by atoms with van der Waals surface area (Å²) in [6.07, 6.45) is 1.14. The number of hydrogen-bond donors (Lipinski definition) is 2. The van der Waals surface area contributed by atoms with Crippen LogP contribution < -0.4 is 5.32 Å². The molecule has 5 nitrogen and oxygen atoms in total. The summed E-state index contributed by atoms with van der Waals surface area (Å²) in [4.78, 5) is 16.3. The van der Waals surface area contributed by atoms with Crippen LogP contribution >= 0.6 is 0 Å². The number of nitrogens with zero attached hydrogens (tertiary/aromatic N) is 2. The Morgan fingerprint density at radius 2 is 2.05 bits per heavy atom. The average Bonchev–Trinajstić information content (AvgIpc) is 2.77. The summed E-state index contributed by atoms with van der Waals surface area (Å²) in [6.45, 7) is 14.8. The van der Waals surface area contributed by atoms with Crippen molar-refractivity contribution < 1.29 is 9.90 Å². The highest BCUT2D eigenvalue weighted by molar-refractivity contribution is 5.78. The lowest BCUT2D eigenvalue weighted by Crippen LogP contribution is -2.58. The summed E-state index contributed by atoms with van der Waals surface area (Å²) in [7, 11) is 0. The van der Waals surface area contributed by atoms with Crippen molar-refractivity contribution in [2.75, 3.05) is 32.7 Å². The molecule has 0 saturated carbocycles. The molecule has 0 amide bonds. The first-order valence-corrected chi connectivity index (χ1v) is 7.79. The van der Waals surface area contributed by atoms with E-state index < -0.39 is 11.5 Å². The molecule has 0 aliphatic carbocycles. The maximum atomic E-state index is 11.6. The van der Waals surface area contributed by atoms with Gasteiger partial charge < -0.3 is 5.11 Å². The molecule has 2 atom stereocenters. The molecule has 1 rings (SSSR count). The molecule has 0 aromatic rings. The minimum atomic E-state index is -0.869. The van der Waals surface area contributed by atoms with Gasteiger partial charge in [-0.15, -0.1) is 0 Å². The van der Waals surface area contributed by atoms with Crippen molar-refractivity contribution in [3.05, 3.63) is 0 Å². The highest BCUT2D eigenvalue weighted by Crippen LogP contribution is 2.18. The lowest BCUT2D eigenvalue weighted by atomic mass is 10.0. The van der Waals surface area contributed by atoms with Gasteiger partial charge in [0.25, 0.3) is 0 Å². The predicted molar refractivity (Wildman–Crippen MR) is 82.1 cm³/mol. The van der Waals surface area contributed by atoms with E-state index >= 15 is 0 Å². The molecule has 2 N–H and O–H groups in total. The number of aliphatic carboxylic acids is 1. The Labute approximate surface area is 123 Å². The van der Waals surface area contributed by atoms with Gasteiger partial charge in [-0.05, 0) is 46.8 Å². The minimum Gasteiger partial charge on any atom is -0.480 e. The highest BCUT2D eigenvalue weighted by atomic mass is 16.4. The molecule has 1 saturated heterocycles. The molecular formula is C15H31N3O2. The monoisotopic (exact) mass is 285 g/mol. The fourth-order valence-corrected chi connectivity index (χ4v) is 3.25. The zero-order chi connectivity index (χ0) is 15.3. The van der Waals surface area contributed by atoms with E-state index in [1.807, 2.05) is 13.8 Å².